The number of carboxylic acid groups (broad SMARTS) is 1. The smallest absolute Gasteiger partial charge is 0.326 e. The molecule has 0 unspecified atom stereocenters. The number of carboxylic acids is 1. The van der Waals surface area contributed by atoms with Crippen LogP contribution in [0.2, 0.25) is 0 Å². The van der Waals surface area contributed by atoms with Gasteiger partial charge < -0.3 is 80.5 Å². The molecular formula is C50H69N17O10. The zero-order chi connectivity index (χ0) is 55.9. The lowest BCUT2D eigenvalue weighted by Crippen LogP contribution is -2.60. The van der Waals surface area contributed by atoms with Gasteiger partial charge in [0.25, 0.3) is 0 Å². The Kier molecular flexibility index (Phi) is 22.7. The van der Waals surface area contributed by atoms with Gasteiger partial charge in [-0.25, -0.2) is 9.78 Å². The number of hydrogen-bond donors (Lipinski definition) is 15. The number of aromatic amines is 2. The minimum atomic E-state index is -1.61. The number of guanidine groups is 2. The maximum atomic E-state index is 14.7. The lowest BCUT2D eigenvalue weighted by Gasteiger charge is -2.28. The van der Waals surface area contributed by atoms with Gasteiger partial charge in [-0.1, -0.05) is 48.5 Å². The SMILES string of the molecule is CC(=O)N[C@H](CCCN=C(N)N)C(=O)N[C@H]1CCCNC(=O)CC[C@@H](C(=O)O)NC(=O)[C@H](Cc2c[nH]c3ccccc23)NC(=O)[C@H](CCCN=C(N)N)NC(=O)[C@@H](Cc2ccccc2)NC(=O)[C@H](Cc2cnc[nH]2)NC1=O. The van der Waals surface area contributed by atoms with Gasteiger partial charge in [0, 0.05) is 81.2 Å². The summed E-state index contributed by atoms with van der Waals surface area (Å²) in [4.78, 5) is 143. The third-order valence-corrected chi connectivity index (χ3v) is 12.4. The van der Waals surface area contributed by atoms with Crippen molar-refractivity contribution in [2.45, 2.75) is 120 Å². The quantitative estimate of drug-likeness (QED) is 0.0272. The molecule has 19 N–H and O–H groups in total. The number of rotatable bonds is 18. The van der Waals surface area contributed by atoms with E-state index >= 15 is 0 Å². The van der Waals surface area contributed by atoms with Gasteiger partial charge in [0.15, 0.2) is 11.9 Å². The largest absolute Gasteiger partial charge is 0.480 e. The maximum Gasteiger partial charge on any atom is 0.326 e. The number of imidazole rings is 1. The van der Waals surface area contributed by atoms with E-state index in [-0.39, 0.29) is 102 Å². The summed E-state index contributed by atoms with van der Waals surface area (Å²) in [7, 11) is 0. The number of amides is 8. The second kappa shape index (κ2) is 29.7. The summed E-state index contributed by atoms with van der Waals surface area (Å²) in [5.41, 5.74) is 24.4. The highest BCUT2D eigenvalue weighted by Gasteiger charge is 2.35. The first-order valence-corrected chi connectivity index (χ1v) is 25.1. The molecular weight excluding hydrogens is 999 g/mol. The molecule has 7 atom stereocenters. The van der Waals surface area contributed by atoms with Crippen LogP contribution in [0.4, 0.5) is 0 Å². The van der Waals surface area contributed by atoms with E-state index in [2.05, 4.69) is 67.5 Å². The number of aromatic nitrogens is 3. The average molecular weight is 1070 g/mol. The summed E-state index contributed by atoms with van der Waals surface area (Å²) < 4.78 is 0. The molecule has 0 spiro atoms. The van der Waals surface area contributed by atoms with Crippen molar-refractivity contribution in [2.75, 3.05) is 19.6 Å². The Morgan fingerprint density at radius 3 is 2.00 bits per heavy atom. The number of aliphatic imine (C=N–C) groups is 2. The summed E-state index contributed by atoms with van der Waals surface area (Å²) in [6.07, 6.45) is 3.50. The van der Waals surface area contributed by atoms with Gasteiger partial charge in [-0.05, 0) is 62.1 Å². The van der Waals surface area contributed by atoms with Crippen LogP contribution < -0.4 is 65.5 Å². The number of para-hydroxylation sites is 1. The predicted molar refractivity (Wildman–Crippen MR) is 283 cm³/mol. The molecule has 5 rings (SSSR count). The molecule has 8 amide bonds. The molecule has 1 aliphatic heterocycles. The minimum Gasteiger partial charge on any atom is -0.480 e. The lowest BCUT2D eigenvalue weighted by atomic mass is 10.0. The second-order valence-corrected chi connectivity index (χ2v) is 18.4. The van der Waals surface area contributed by atoms with Crippen LogP contribution in [0.25, 0.3) is 10.9 Å². The van der Waals surface area contributed by atoms with Gasteiger partial charge in [0.2, 0.25) is 47.3 Å². The third kappa shape index (κ3) is 19.6. The molecule has 3 heterocycles. The van der Waals surface area contributed by atoms with Crippen molar-refractivity contribution in [1.82, 2.24) is 57.5 Å². The van der Waals surface area contributed by atoms with Crippen molar-refractivity contribution in [3.05, 3.63) is 90.1 Å². The highest BCUT2D eigenvalue weighted by Crippen LogP contribution is 2.20. The monoisotopic (exact) mass is 1070 g/mol. The fraction of sp³-hybridized carbons (Fsp3) is 0.440. The highest BCUT2D eigenvalue weighted by molar-refractivity contribution is 5.98. The number of H-pyrrole nitrogens is 2. The molecule has 27 heteroatoms. The van der Waals surface area contributed by atoms with Crippen molar-refractivity contribution in [3.63, 3.8) is 0 Å². The number of nitrogens with two attached hydrogens (primary N) is 4. The summed E-state index contributed by atoms with van der Waals surface area (Å²) in [6.45, 7) is 1.29. The van der Waals surface area contributed by atoms with Crippen molar-refractivity contribution >= 4 is 76.0 Å². The lowest BCUT2D eigenvalue weighted by molar-refractivity contribution is -0.142. The van der Waals surface area contributed by atoms with E-state index in [4.69, 9.17) is 22.9 Å². The van der Waals surface area contributed by atoms with Crippen LogP contribution in [-0.4, -0.2) is 147 Å². The molecule has 0 bridgehead atoms. The summed E-state index contributed by atoms with van der Waals surface area (Å²) in [5.74, 6) is -8.09. The predicted octanol–water partition coefficient (Wildman–Crippen LogP) is -2.79. The number of fused-ring (bicyclic) bond motifs is 1. The minimum absolute atomic E-state index is 0.0308. The van der Waals surface area contributed by atoms with E-state index in [1.54, 1.807) is 54.7 Å². The van der Waals surface area contributed by atoms with Gasteiger partial charge in [-0.3, -0.25) is 48.3 Å². The van der Waals surface area contributed by atoms with Crippen molar-refractivity contribution in [1.29, 1.82) is 0 Å². The highest BCUT2D eigenvalue weighted by atomic mass is 16.4. The van der Waals surface area contributed by atoms with Crippen molar-refractivity contribution < 1.29 is 48.3 Å². The fourth-order valence-electron chi connectivity index (χ4n) is 8.46. The van der Waals surface area contributed by atoms with Crippen molar-refractivity contribution in [2.24, 2.45) is 32.9 Å². The van der Waals surface area contributed by atoms with Gasteiger partial charge in [0.05, 0.1) is 6.33 Å². The number of nitrogens with zero attached hydrogens (tertiary/aromatic N) is 3. The standard InChI is InChI=1S/C50H69N17O10/c1-28(68)61-34(14-8-20-57-49(51)52)42(70)62-35-15-7-19-56-41(69)18-17-37(48(76)77)64-46(74)39(23-30-25-59-33-13-6-5-12-32(30)33)66-43(71)36(16-9-21-58-50(53)54)63-45(73)38(22-29-10-3-2-4-11-29)65-47(75)40(67-44(35)72)24-31-26-55-27-60-31/h2-6,10-13,25-27,34-40,59H,7-9,14-24H2,1H3,(H,55,60)(H,56,69)(H,61,68)(H,62,70)(H,63,73)(H,64,74)(H,65,75)(H,66,71)(H,67,72)(H,76,77)(H4,51,52,57)(H4,53,54,58)/t34-,35+,36+,37+,38-,39+,40+/m1/s1. The molecule has 77 heavy (non-hydrogen) atoms. The first-order valence-electron chi connectivity index (χ1n) is 25.1. The topological polar surface area (TPSA) is 443 Å². The van der Waals surface area contributed by atoms with Crippen LogP contribution >= 0.6 is 0 Å². The molecule has 0 aliphatic carbocycles. The molecule has 1 saturated heterocycles. The van der Waals surface area contributed by atoms with E-state index < -0.39 is 95.5 Å². The van der Waals surface area contributed by atoms with Crippen LogP contribution in [0.3, 0.4) is 0 Å². The van der Waals surface area contributed by atoms with Gasteiger partial charge >= 0.3 is 5.97 Å². The summed E-state index contributed by atoms with van der Waals surface area (Å²) >= 11 is 0. The molecule has 0 radical (unpaired) electrons. The first-order chi connectivity index (χ1) is 36.9. The van der Waals surface area contributed by atoms with Gasteiger partial charge in [-0.2, -0.15) is 0 Å². The number of nitrogens with one attached hydrogen (secondary N) is 10. The molecule has 414 valence electrons. The number of aliphatic carboxylic acids is 1. The van der Waals surface area contributed by atoms with Crippen LogP contribution in [0.1, 0.15) is 75.1 Å². The number of carbonyl (C=O) groups is 9. The number of hydrogen-bond acceptors (Lipinski definition) is 12. The fourth-order valence-corrected chi connectivity index (χ4v) is 8.46. The summed E-state index contributed by atoms with van der Waals surface area (Å²) in [5, 5.41) is 32.3. The number of benzene rings is 2. The van der Waals surface area contributed by atoms with E-state index in [9.17, 15) is 48.3 Å². The molecule has 2 aromatic heterocycles. The van der Waals surface area contributed by atoms with Crippen LogP contribution in [-0.2, 0) is 62.4 Å². The normalized spacial score (nSPS) is 20.8. The number of carbonyl (C=O) groups excluding carboxylic acids is 8. The van der Waals surface area contributed by atoms with E-state index in [1.165, 1.54) is 19.4 Å². The van der Waals surface area contributed by atoms with E-state index in [0.29, 0.717) is 16.8 Å². The van der Waals surface area contributed by atoms with Crippen molar-refractivity contribution in [3.8, 4) is 0 Å². The van der Waals surface area contributed by atoms with E-state index in [1.807, 2.05) is 6.07 Å². The molecule has 2 aromatic carbocycles. The maximum absolute atomic E-state index is 14.7. The first kappa shape index (κ1) is 58.8. The Hall–Kier alpha value is -9.04. The van der Waals surface area contributed by atoms with Gasteiger partial charge in [0.1, 0.15) is 42.3 Å². The Labute approximate surface area is 443 Å². The molecule has 1 aliphatic rings. The zero-order valence-corrected chi connectivity index (χ0v) is 42.6. The second-order valence-electron chi connectivity index (χ2n) is 18.4. The average Bonchev–Trinajstić information content (AvgIpc) is 4.07. The third-order valence-electron chi connectivity index (χ3n) is 12.4. The Morgan fingerprint density at radius 1 is 0.727 bits per heavy atom. The molecule has 4 aromatic rings. The molecule has 0 saturated carbocycles. The Bertz CT molecular complexity index is 2720. The van der Waals surface area contributed by atoms with Crippen LogP contribution in [0.5, 0.6) is 0 Å². The van der Waals surface area contributed by atoms with Crippen LogP contribution in [0, 0.1) is 0 Å². The molecule has 1 fully saturated rings. The van der Waals surface area contributed by atoms with E-state index in [0.717, 1.165) is 10.9 Å². The van der Waals surface area contributed by atoms with Gasteiger partial charge in [-0.15, -0.1) is 0 Å². The molecule has 27 nitrogen and oxygen atoms in total. The summed E-state index contributed by atoms with van der Waals surface area (Å²) in [6, 6.07) is 5.98. The zero-order valence-electron chi connectivity index (χ0n) is 42.6. The Morgan fingerprint density at radius 2 is 1.34 bits per heavy atom. The Balaban J connectivity index is 1.54. The van der Waals surface area contributed by atoms with Crippen LogP contribution in [0.15, 0.2) is 83.3 Å².